The quantitative estimate of drug-likeness (QED) is 0.903. The molecule has 0 heterocycles. The highest BCUT2D eigenvalue weighted by atomic mass is 35.5. The Balaban J connectivity index is 2.03. The van der Waals surface area contributed by atoms with Crippen molar-refractivity contribution in [2.45, 2.75) is 21.6 Å². The highest BCUT2D eigenvalue weighted by Crippen LogP contribution is 2.55. The first kappa shape index (κ1) is 16.3. The summed E-state index contributed by atoms with van der Waals surface area (Å²) >= 11 is 11.6. The second kappa shape index (κ2) is 5.50. The zero-order valence-electron chi connectivity index (χ0n) is 11.8. The standard InChI is InChI=1S/C16H12Cl2N2O2S/c17-11-3-1-10(2-4-11)14-15(16(14,20)9-19)23(21,22)13-7-5-12(18)6-8-13/h1-8,14-15H,20H2/t14-,15-,16+/m0/s1. The zero-order valence-corrected chi connectivity index (χ0v) is 14.1. The Kier molecular flexibility index (Phi) is 3.89. The van der Waals surface area contributed by atoms with Crippen LogP contribution in [0.1, 0.15) is 11.5 Å². The molecule has 1 aliphatic carbocycles. The zero-order chi connectivity index (χ0) is 16.8. The van der Waals surface area contributed by atoms with E-state index in [1.807, 2.05) is 6.07 Å². The molecule has 0 unspecified atom stereocenters. The predicted octanol–water partition coefficient (Wildman–Crippen LogP) is 3.15. The molecule has 0 aliphatic heterocycles. The lowest BCUT2D eigenvalue weighted by molar-refractivity contribution is 0.592. The van der Waals surface area contributed by atoms with Crippen LogP contribution in [-0.4, -0.2) is 19.2 Å². The Morgan fingerprint density at radius 1 is 1.00 bits per heavy atom. The molecule has 2 aromatic carbocycles. The van der Waals surface area contributed by atoms with E-state index in [1.54, 1.807) is 24.3 Å². The summed E-state index contributed by atoms with van der Waals surface area (Å²) in [5.41, 5.74) is 5.29. The summed E-state index contributed by atoms with van der Waals surface area (Å²) in [6.45, 7) is 0. The SMILES string of the molecule is N#C[C@@]1(N)[C@@H](c2ccc(Cl)cc2)[C@@H]1S(=O)(=O)c1ccc(Cl)cc1. The Hall–Kier alpha value is -1.58. The molecule has 0 spiro atoms. The summed E-state index contributed by atoms with van der Waals surface area (Å²) in [5.74, 6) is -0.592. The van der Waals surface area contributed by atoms with Crippen molar-refractivity contribution in [3.63, 3.8) is 0 Å². The van der Waals surface area contributed by atoms with Gasteiger partial charge in [-0.1, -0.05) is 35.3 Å². The molecule has 0 amide bonds. The van der Waals surface area contributed by atoms with Crippen LogP contribution in [0.4, 0.5) is 0 Å². The van der Waals surface area contributed by atoms with E-state index in [-0.39, 0.29) is 4.90 Å². The van der Waals surface area contributed by atoms with E-state index in [1.165, 1.54) is 24.3 Å². The van der Waals surface area contributed by atoms with E-state index < -0.39 is 26.5 Å². The van der Waals surface area contributed by atoms with Crippen molar-refractivity contribution in [1.29, 1.82) is 5.26 Å². The Morgan fingerprint density at radius 3 is 1.96 bits per heavy atom. The highest BCUT2D eigenvalue weighted by Gasteiger charge is 2.70. The van der Waals surface area contributed by atoms with Gasteiger partial charge in [0.2, 0.25) is 0 Å². The number of halogens is 2. The summed E-state index contributed by atoms with van der Waals surface area (Å²) in [7, 11) is -3.75. The minimum absolute atomic E-state index is 0.105. The van der Waals surface area contributed by atoms with Gasteiger partial charge in [-0.3, -0.25) is 0 Å². The molecule has 0 saturated heterocycles. The summed E-state index contributed by atoms with van der Waals surface area (Å²) in [6, 6.07) is 14.5. The molecular weight excluding hydrogens is 355 g/mol. The van der Waals surface area contributed by atoms with Crippen LogP contribution >= 0.6 is 23.2 Å². The largest absolute Gasteiger partial charge is 0.312 e. The maximum Gasteiger partial charge on any atom is 0.184 e. The second-order valence-electron chi connectivity index (χ2n) is 5.49. The number of hydrogen-bond acceptors (Lipinski definition) is 4. The molecule has 3 rings (SSSR count). The first-order valence-electron chi connectivity index (χ1n) is 6.76. The minimum Gasteiger partial charge on any atom is -0.312 e. The number of nitrogens with two attached hydrogens (primary N) is 1. The Bertz CT molecular complexity index is 889. The third kappa shape index (κ3) is 2.62. The monoisotopic (exact) mass is 366 g/mol. The first-order valence-corrected chi connectivity index (χ1v) is 9.06. The lowest BCUT2D eigenvalue weighted by Crippen LogP contribution is -2.29. The molecule has 0 aromatic heterocycles. The average Bonchev–Trinajstić information content (AvgIpc) is 3.16. The number of hydrogen-bond donors (Lipinski definition) is 1. The Morgan fingerprint density at radius 2 is 1.48 bits per heavy atom. The van der Waals surface area contributed by atoms with Crippen LogP contribution in [0.25, 0.3) is 0 Å². The summed E-state index contributed by atoms with van der Waals surface area (Å²) in [6.07, 6.45) is 0. The number of sulfone groups is 1. The molecule has 3 atom stereocenters. The van der Waals surface area contributed by atoms with Crippen molar-refractivity contribution < 1.29 is 8.42 Å². The number of rotatable bonds is 3. The second-order valence-corrected chi connectivity index (χ2v) is 8.44. The summed E-state index contributed by atoms with van der Waals surface area (Å²) in [5, 5.41) is 9.36. The maximum absolute atomic E-state index is 12.8. The van der Waals surface area contributed by atoms with Gasteiger partial charge < -0.3 is 5.73 Å². The van der Waals surface area contributed by atoms with Crippen LogP contribution in [0, 0.1) is 11.3 Å². The molecule has 1 aliphatic rings. The molecule has 2 N–H and O–H groups in total. The van der Waals surface area contributed by atoms with E-state index in [0.29, 0.717) is 15.6 Å². The van der Waals surface area contributed by atoms with Crippen LogP contribution < -0.4 is 5.73 Å². The third-order valence-corrected chi connectivity index (χ3v) is 6.84. The van der Waals surface area contributed by atoms with E-state index in [0.717, 1.165) is 0 Å². The van der Waals surface area contributed by atoms with Gasteiger partial charge in [-0.15, -0.1) is 0 Å². The van der Waals surface area contributed by atoms with E-state index in [2.05, 4.69) is 0 Å². The molecule has 7 heteroatoms. The van der Waals surface area contributed by atoms with Gasteiger partial charge in [0.15, 0.2) is 9.84 Å². The fourth-order valence-corrected chi connectivity index (χ4v) is 5.27. The van der Waals surface area contributed by atoms with E-state index in [4.69, 9.17) is 28.9 Å². The van der Waals surface area contributed by atoms with Gasteiger partial charge in [0.1, 0.15) is 10.8 Å². The first-order chi connectivity index (χ1) is 10.8. The number of nitrogens with zero attached hydrogens (tertiary/aromatic N) is 1. The van der Waals surface area contributed by atoms with Crippen molar-refractivity contribution >= 4 is 33.0 Å². The molecule has 23 heavy (non-hydrogen) atoms. The van der Waals surface area contributed by atoms with Crippen molar-refractivity contribution in [1.82, 2.24) is 0 Å². The number of nitriles is 1. The smallest absolute Gasteiger partial charge is 0.184 e. The van der Waals surface area contributed by atoms with Gasteiger partial charge in [0.25, 0.3) is 0 Å². The topological polar surface area (TPSA) is 83.9 Å². The summed E-state index contributed by atoms with van der Waals surface area (Å²) < 4.78 is 25.7. The van der Waals surface area contributed by atoms with Crippen LogP contribution in [0.5, 0.6) is 0 Å². The van der Waals surface area contributed by atoms with Crippen molar-refractivity contribution in [2.24, 2.45) is 5.73 Å². The van der Waals surface area contributed by atoms with Gasteiger partial charge in [-0.05, 0) is 42.0 Å². The summed E-state index contributed by atoms with van der Waals surface area (Å²) in [4.78, 5) is 0.105. The molecule has 0 bridgehead atoms. The van der Waals surface area contributed by atoms with Gasteiger partial charge in [-0.2, -0.15) is 5.26 Å². The fourth-order valence-electron chi connectivity index (χ4n) is 2.83. The van der Waals surface area contributed by atoms with Crippen LogP contribution in [0.2, 0.25) is 10.0 Å². The van der Waals surface area contributed by atoms with Crippen molar-refractivity contribution in [2.75, 3.05) is 0 Å². The molecule has 0 radical (unpaired) electrons. The molecular formula is C16H12Cl2N2O2S. The van der Waals surface area contributed by atoms with Gasteiger partial charge in [0.05, 0.1) is 11.0 Å². The number of benzene rings is 2. The molecule has 118 valence electrons. The molecule has 4 nitrogen and oxygen atoms in total. The Labute approximate surface area is 144 Å². The molecule has 1 saturated carbocycles. The average molecular weight is 367 g/mol. The fraction of sp³-hybridized carbons (Fsp3) is 0.188. The normalized spacial score (nSPS) is 26.5. The van der Waals surface area contributed by atoms with Crippen molar-refractivity contribution in [3.05, 3.63) is 64.1 Å². The van der Waals surface area contributed by atoms with Gasteiger partial charge in [-0.25, -0.2) is 8.42 Å². The minimum atomic E-state index is -3.75. The lowest BCUT2D eigenvalue weighted by Gasteiger charge is -2.04. The molecule has 1 fully saturated rings. The van der Waals surface area contributed by atoms with Crippen molar-refractivity contribution in [3.8, 4) is 6.07 Å². The highest BCUT2D eigenvalue weighted by molar-refractivity contribution is 7.92. The van der Waals surface area contributed by atoms with Gasteiger partial charge in [0, 0.05) is 16.0 Å². The van der Waals surface area contributed by atoms with E-state index >= 15 is 0 Å². The van der Waals surface area contributed by atoms with Crippen LogP contribution in [-0.2, 0) is 9.84 Å². The lowest BCUT2D eigenvalue weighted by atomic mass is 10.1. The molecule has 2 aromatic rings. The van der Waals surface area contributed by atoms with Crippen LogP contribution in [0.3, 0.4) is 0 Å². The van der Waals surface area contributed by atoms with Gasteiger partial charge >= 0.3 is 0 Å². The maximum atomic E-state index is 12.8. The van der Waals surface area contributed by atoms with E-state index in [9.17, 15) is 13.7 Å². The third-order valence-electron chi connectivity index (χ3n) is 4.08. The van der Waals surface area contributed by atoms with Crippen LogP contribution in [0.15, 0.2) is 53.4 Å². The predicted molar refractivity (Wildman–Crippen MR) is 89.2 cm³/mol.